The van der Waals surface area contributed by atoms with Crippen LogP contribution in [-0.2, 0) is 16.6 Å². The van der Waals surface area contributed by atoms with Crippen molar-refractivity contribution in [3.63, 3.8) is 0 Å². The number of hydrogen-bond donors (Lipinski definition) is 0. The number of halogens is 1. The average molecular weight is 358 g/mol. The molecule has 1 saturated heterocycles. The minimum Gasteiger partial charge on any atom is -0.338 e. The Kier molecular flexibility index (Phi) is 3.61. The van der Waals surface area contributed by atoms with Crippen molar-refractivity contribution in [1.82, 2.24) is 14.4 Å². The van der Waals surface area contributed by atoms with E-state index in [4.69, 9.17) is 4.52 Å². The zero-order valence-electron chi connectivity index (χ0n) is 10.5. The molecule has 0 atom stereocenters. The summed E-state index contributed by atoms with van der Waals surface area (Å²) in [6.45, 7) is 0.648. The first-order valence-electron chi connectivity index (χ1n) is 6.11. The molecule has 2 aromatic rings. The van der Waals surface area contributed by atoms with Crippen molar-refractivity contribution in [1.29, 1.82) is 0 Å². The topological polar surface area (TPSA) is 76.3 Å². The summed E-state index contributed by atoms with van der Waals surface area (Å²) in [6, 6.07) is 7.52. The van der Waals surface area contributed by atoms with Crippen LogP contribution in [0.2, 0.25) is 0 Å². The van der Waals surface area contributed by atoms with Crippen molar-refractivity contribution in [3.8, 4) is 11.4 Å². The van der Waals surface area contributed by atoms with Gasteiger partial charge < -0.3 is 4.52 Å². The Morgan fingerprint density at radius 2 is 2.15 bits per heavy atom. The molecule has 0 amide bonds. The fourth-order valence-corrected chi connectivity index (χ4v) is 4.02. The molecule has 8 heteroatoms. The van der Waals surface area contributed by atoms with Gasteiger partial charge in [0.15, 0.2) is 0 Å². The van der Waals surface area contributed by atoms with Crippen LogP contribution in [-0.4, -0.2) is 35.2 Å². The Morgan fingerprint density at radius 3 is 2.85 bits per heavy atom. The number of sulfonamides is 1. The fourth-order valence-electron chi connectivity index (χ4n) is 2.09. The van der Waals surface area contributed by atoms with Crippen LogP contribution in [0.1, 0.15) is 12.3 Å². The van der Waals surface area contributed by atoms with E-state index in [0.29, 0.717) is 24.7 Å². The van der Waals surface area contributed by atoms with Crippen LogP contribution in [0, 0.1) is 0 Å². The van der Waals surface area contributed by atoms with Crippen LogP contribution in [0.5, 0.6) is 0 Å². The molecule has 0 saturated carbocycles. The highest BCUT2D eigenvalue weighted by Crippen LogP contribution is 2.26. The van der Waals surface area contributed by atoms with Gasteiger partial charge in [0, 0.05) is 16.6 Å². The highest BCUT2D eigenvalue weighted by atomic mass is 79.9. The third-order valence-corrected chi connectivity index (χ3v) is 5.69. The second kappa shape index (κ2) is 5.27. The highest BCUT2D eigenvalue weighted by molar-refractivity contribution is 9.10. The first-order valence-corrected chi connectivity index (χ1v) is 8.52. The van der Waals surface area contributed by atoms with E-state index in [9.17, 15) is 8.42 Å². The van der Waals surface area contributed by atoms with Gasteiger partial charge in [0.2, 0.25) is 21.7 Å². The van der Waals surface area contributed by atoms with Crippen LogP contribution in [0.4, 0.5) is 0 Å². The zero-order valence-corrected chi connectivity index (χ0v) is 12.9. The molecule has 1 aromatic carbocycles. The molecule has 0 aliphatic carbocycles. The van der Waals surface area contributed by atoms with Crippen molar-refractivity contribution in [2.45, 2.75) is 13.0 Å². The minimum absolute atomic E-state index is 0.139. The largest absolute Gasteiger partial charge is 0.338 e. The number of hydrogen-bond acceptors (Lipinski definition) is 5. The summed E-state index contributed by atoms with van der Waals surface area (Å²) >= 11 is 3.42. The van der Waals surface area contributed by atoms with E-state index >= 15 is 0 Å². The van der Waals surface area contributed by atoms with Crippen molar-refractivity contribution in [2.24, 2.45) is 0 Å². The van der Waals surface area contributed by atoms with Gasteiger partial charge in [-0.15, -0.1) is 0 Å². The van der Waals surface area contributed by atoms with Crippen LogP contribution >= 0.6 is 15.9 Å². The first-order chi connectivity index (χ1) is 9.56. The molecule has 3 rings (SSSR count). The van der Waals surface area contributed by atoms with Gasteiger partial charge in [-0.2, -0.15) is 9.29 Å². The van der Waals surface area contributed by atoms with Crippen LogP contribution in [0.15, 0.2) is 33.3 Å². The van der Waals surface area contributed by atoms with E-state index in [1.54, 1.807) is 0 Å². The quantitative estimate of drug-likeness (QED) is 0.839. The molecular weight excluding hydrogens is 346 g/mol. The lowest BCUT2D eigenvalue weighted by Crippen LogP contribution is -2.25. The molecule has 1 aromatic heterocycles. The van der Waals surface area contributed by atoms with Gasteiger partial charge in [0.1, 0.15) is 0 Å². The molecule has 1 fully saturated rings. The van der Waals surface area contributed by atoms with Gasteiger partial charge in [-0.05, 0) is 18.6 Å². The molecule has 0 N–H and O–H groups in total. The number of benzene rings is 1. The summed E-state index contributed by atoms with van der Waals surface area (Å²) in [5.74, 6) is 0.948. The standard InChI is InChI=1S/C12H12BrN3O3S/c13-10-5-2-1-4-9(10)12-14-11(19-15-12)8-16-6-3-7-20(16,17)18/h1-2,4-5H,3,6-8H2. The van der Waals surface area contributed by atoms with Crippen LogP contribution in [0.25, 0.3) is 11.4 Å². The molecule has 106 valence electrons. The second-order valence-corrected chi connectivity index (χ2v) is 7.44. The fraction of sp³-hybridized carbons (Fsp3) is 0.333. The van der Waals surface area contributed by atoms with E-state index in [1.165, 1.54) is 4.31 Å². The summed E-state index contributed by atoms with van der Waals surface area (Å²) in [7, 11) is -3.15. The van der Waals surface area contributed by atoms with Crippen molar-refractivity contribution in [2.75, 3.05) is 12.3 Å². The van der Waals surface area contributed by atoms with E-state index < -0.39 is 10.0 Å². The SMILES string of the molecule is O=S1(=O)CCCN1Cc1nc(-c2ccccc2Br)no1. The monoisotopic (exact) mass is 357 g/mol. The lowest BCUT2D eigenvalue weighted by molar-refractivity contribution is 0.326. The molecule has 0 spiro atoms. The van der Waals surface area contributed by atoms with Gasteiger partial charge in [-0.1, -0.05) is 33.2 Å². The Labute approximate surface area is 125 Å². The van der Waals surface area contributed by atoms with E-state index in [0.717, 1.165) is 10.0 Å². The number of nitrogens with zero attached hydrogens (tertiary/aromatic N) is 3. The van der Waals surface area contributed by atoms with Crippen molar-refractivity contribution in [3.05, 3.63) is 34.6 Å². The molecule has 0 bridgehead atoms. The summed E-state index contributed by atoms with van der Waals surface area (Å²) < 4.78 is 30.8. The molecule has 0 radical (unpaired) electrons. The third kappa shape index (κ3) is 2.63. The Bertz CT molecular complexity index is 729. The zero-order chi connectivity index (χ0) is 14.2. The van der Waals surface area contributed by atoms with Gasteiger partial charge >= 0.3 is 0 Å². The predicted octanol–water partition coefficient (Wildman–Crippen LogP) is 2.03. The minimum atomic E-state index is -3.15. The lowest BCUT2D eigenvalue weighted by atomic mass is 10.2. The molecule has 6 nitrogen and oxygen atoms in total. The van der Waals surface area contributed by atoms with Crippen LogP contribution < -0.4 is 0 Å². The summed E-state index contributed by atoms with van der Waals surface area (Å²) in [4.78, 5) is 4.26. The summed E-state index contributed by atoms with van der Waals surface area (Å²) in [5.41, 5.74) is 0.812. The summed E-state index contributed by atoms with van der Waals surface area (Å²) in [5, 5.41) is 3.90. The number of rotatable bonds is 3. The second-order valence-electron chi connectivity index (χ2n) is 4.49. The van der Waals surface area contributed by atoms with Gasteiger partial charge in [-0.3, -0.25) is 0 Å². The van der Waals surface area contributed by atoms with E-state index in [2.05, 4.69) is 26.1 Å². The molecule has 2 heterocycles. The van der Waals surface area contributed by atoms with E-state index in [-0.39, 0.29) is 12.3 Å². The Hall–Kier alpha value is -1.25. The van der Waals surface area contributed by atoms with Gasteiger partial charge in [0.05, 0.1) is 12.3 Å². The maximum Gasteiger partial charge on any atom is 0.242 e. The molecular formula is C12H12BrN3O3S. The average Bonchev–Trinajstić information content (AvgIpc) is 2.98. The van der Waals surface area contributed by atoms with Gasteiger partial charge in [-0.25, -0.2) is 8.42 Å². The Balaban J connectivity index is 1.83. The molecule has 0 unspecified atom stereocenters. The van der Waals surface area contributed by atoms with Crippen LogP contribution in [0.3, 0.4) is 0 Å². The normalized spacial score (nSPS) is 18.4. The van der Waals surface area contributed by atoms with Crippen molar-refractivity contribution >= 4 is 26.0 Å². The Morgan fingerprint density at radius 1 is 1.35 bits per heavy atom. The van der Waals surface area contributed by atoms with Gasteiger partial charge in [0.25, 0.3) is 0 Å². The van der Waals surface area contributed by atoms with Crippen molar-refractivity contribution < 1.29 is 12.9 Å². The third-order valence-electron chi connectivity index (χ3n) is 3.10. The first kappa shape index (κ1) is 13.7. The maximum absolute atomic E-state index is 11.7. The molecule has 1 aliphatic rings. The highest BCUT2D eigenvalue weighted by Gasteiger charge is 2.29. The lowest BCUT2D eigenvalue weighted by Gasteiger charge is -2.10. The number of aromatic nitrogens is 2. The molecule has 1 aliphatic heterocycles. The maximum atomic E-state index is 11.7. The summed E-state index contributed by atoms with van der Waals surface area (Å²) in [6.07, 6.45) is 0.646. The molecule has 20 heavy (non-hydrogen) atoms. The predicted molar refractivity (Wildman–Crippen MR) is 76.2 cm³/mol. The van der Waals surface area contributed by atoms with E-state index in [1.807, 2.05) is 24.3 Å². The smallest absolute Gasteiger partial charge is 0.242 e.